The first-order valence-electron chi connectivity index (χ1n) is 5.07. The Labute approximate surface area is 89.7 Å². The van der Waals surface area contributed by atoms with Gasteiger partial charge >= 0.3 is 0 Å². The third kappa shape index (κ3) is 2.79. The number of primary amides is 1. The van der Waals surface area contributed by atoms with E-state index >= 15 is 0 Å². The summed E-state index contributed by atoms with van der Waals surface area (Å²) in [6.07, 6.45) is 2.79. The van der Waals surface area contributed by atoms with Crippen molar-refractivity contribution in [3.8, 4) is 0 Å². The van der Waals surface area contributed by atoms with E-state index in [9.17, 15) is 4.79 Å². The molecule has 0 saturated carbocycles. The molecule has 0 aliphatic heterocycles. The van der Waals surface area contributed by atoms with Gasteiger partial charge < -0.3 is 15.6 Å². The average Bonchev–Trinajstić information content (AvgIpc) is 2.54. The maximum absolute atomic E-state index is 11.1. The number of nitrogens with zero attached hydrogens (tertiary/aromatic N) is 2. The van der Waals surface area contributed by atoms with E-state index in [1.54, 1.807) is 7.05 Å². The molecule has 0 saturated heterocycles. The van der Waals surface area contributed by atoms with Gasteiger partial charge in [0, 0.05) is 19.2 Å². The SMILES string of the molecule is CCc1nc(C)cn1CC(NC)C(N)=O. The number of hydrogen-bond donors (Lipinski definition) is 2. The molecule has 15 heavy (non-hydrogen) atoms. The van der Waals surface area contributed by atoms with Crippen molar-refractivity contribution in [1.29, 1.82) is 0 Å². The molecule has 1 aromatic rings. The van der Waals surface area contributed by atoms with Crippen LogP contribution in [0.15, 0.2) is 6.20 Å². The van der Waals surface area contributed by atoms with E-state index in [0.717, 1.165) is 17.9 Å². The van der Waals surface area contributed by atoms with E-state index in [1.807, 2.05) is 24.6 Å². The highest BCUT2D eigenvalue weighted by molar-refractivity contribution is 5.79. The Morgan fingerprint density at radius 2 is 2.40 bits per heavy atom. The van der Waals surface area contributed by atoms with Gasteiger partial charge in [0.05, 0.1) is 5.69 Å². The maximum Gasteiger partial charge on any atom is 0.236 e. The molecule has 5 heteroatoms. The van der Waals surface area contributed by atoms with Crippen LogP contribution in [0.4, 0.5) is 0 Å². The largest absolute Gasteiger partial charge is 0.368 e. The summed E-state index contributed by atoms with van der Waals surface area (Å²) in [4.78, 5) is 15.4. The number of aromatic nitrogens is 2. The highest BCUT2D eigenvalue weighted by atomic mass is 16.1. The standard InChI is InChI=1S/C10H18N4O/c1-4-9-13-7(2)5-14(9)6-8(12-3)10(11)15/h5,8,12H,4,6H2,1-3H3,(H2,11,15). The van der Waals surface area contributed by atoms with Crippen molar-refractivity contribution in [2.45, 2.75) is 32.9 Å². The van der Waals surface area contributed by atoms with Crippen LogP contribution >= 0.6 is 0 Å². The summed E-state index contributed by atoms with van der Waals surface area (Å²) in [5.74, 6) is 0.639. The minimum atomic E-state index is -0.344. The average molecular weight is 210 g/mol. The normalized spacial score (nSPS) is 12.7. The first-order valence-corrected chi connectivity index (χ1v) is 5.07. The summed E-state index contributed by atoms with van der Waals surface area (Å²) in [5.41, 5.74) is 6.22. The quantitative estimate of drug-likeness (QED) is 0.708. The van der Waals surface area contributed by atoms with Crippen molar-refractivity contribution < 1.29 is 4.79 Å². The topological polar surface area (TPSA) is 72.9 Å². The zero-order chi connectivity index (χ0) is 11.4. The molecule has 0 aliphatic rings. The summed E-state index contributed by atoms with van der Waals surface area (Å²) in [6, 6.07) is -0.344. The van der Waals surface area contributed by atoms with Crippen molar-refractivity contribution in [3.63, 3.8) is 0 Å². The smallest absolute Gasteiger partial charge is 0.236 e. The van der Waals surface area contributed by atoms with Crippen LogP contribution < -0.4 is 11.1 Å². The predicted molar refractivity (Wildman–Crippen MR) is 58.4 cm³/mol. The lowest BCUT2D eigenvalue weighted by molar-refractivity contribution is -0.120. The fourth-order valence-electron chi connectivity index (χ4n) is 1.56. The first-order chi connectivity index (χ1) is 7.08. The van der Waals surface area contributed by atoms with Gasteiger partial charge in [0.1, 0.15) is 11.9 Å². The Hall–Kier alpha value is -1.36. The molecular weight excluding hydrogens is 192 g/mol. The summed E-state index contributed by atoms with van der Waals surface area (Å²) < 4.78 is 1.97. The van der Waals surface area contributed by atoms with Gasteiger partial charge in [-0.1, -0.05) is 6.92 Å². The molecule has 5 nitrogen and oxygen atoms in total. The Balaban J connectivity index is 2.82. The molecule has 1 rings (SSSR count). The third-order valence-corrected chi connectivity index (χ3v) is 2.37. The summed E-state index contributed by atoms with van der Waals surface area (Å²) >= 11 is 0. The molecule has 1 unspecified atom stereocenters. The Morgan fingerprint density at radius 3 is 2.87 bits per heavy atom. The molecule has 1 amide bonds. The molecule has 84 valence electrons. The summed E-state index contributed by atoms with van der Waals surface area (Å²) in [6.45, 7) is 4.51. The van der Waals surface area contributed by atoms with E-state index in [4.69, 9.17) is 5.73 Å². The molecule has 0 aliphatic carbocycles. The Bertz CT molecular complexity index is 345. The van der Waals surface area contributed by atoms with Crippen LogP contribution in [0.1, 0.15) is 18.4 Å². The molecule has 0 aromatic carbocycles. The minimum absolute atomic E-state index is 0.342. The number of nitrogens with one attached hydrogen (secondary N) is 1. The zero-order valence-electron chi connectivity index (χ0n) is 9.45. The second-order valence-corrected chi connectivity index (χ2v) is 3.55. The molecule has 0 radical (unpaired) electrons. The maximum atomic E-state index is 11.1. The fourth-order valence-corrected chi connectivity index (χ4v) is 1.56. The van der Waals surface area contributed by atoms with Crippen molar-refractivity contribution >= 4 is 5.91 Å². The van der Waals surface area contributed by atoms with Gasteiger partial charge in [-0.05, 0) is 14.0 Å². The highest BCUT2D eigenvalue weighted by Crippen LogP contribution is 2.04. The number of aryl methyl sites for hydroxylation is 2. The van der Waals surface area contributed by atoms with E-state index in [2.05, 4.69) is 10.3 Å². The molecule has 1 aromatic heterocycles. The van der Waals surface area contributed by atoms with Gasteiger partial charge in [-0.2, -0.15) is 0 Å². The van der Waals surface area contributed by atoms with Gasteiger partial charge in [0.2, 0.25) is 5.91 Å². The molecular formula is C10H18N4O. The van der Waals surface area contributed by atoms with E-state index in [-0.39, 0.29) is 11.9 Å². The fraction of sp³-hybridized carbons (Fsp3) is 0.600. The van der Waals surface area contributed by atoms with Gasteiger partial charge in [-0.15, -0.1) is 0 Å². The van der Waals surface area contributed by atoms with Gasteiger partial charge in [-0.25, -0.2) is 4.98 Å². The van der Waals surface area contributed by atoms with Crippen molar-refractivity contribution in [2.24, 2.45) is 5.73 Å². The lowest BCUT2D eigenvalue weighted by Gasteiger charge is -2.14. The van der Waals surface area contributed by atoms with E-state index < -0.39 is 0 Å². The van der Waals surface area contributed by atoms with Crippen molar-refractivity contribution in [1.82, 2.24) is 14.9 Å². The molecule has 0 fully saturated rings. The number of carbonyl (C=O) groups is 1. The van der Waals surface area contributed by atoms with Crippen LogP contribution in [0.5, 0.6) is 0 Å². The Morgan fingerprint density at radius 1 is 1.73 bits per heavy atom. The molecule has 3 N–H and O–H groups in total. The molecule has 0 bridgehead atoms. The number of likely N-dealkylation sites (N-methyl/N-ethyl adjacent to an activating group) is 1. The van der Waals surface area contributed by atoms with Gasteiger partial charge in [0.15, 0.2) is 0 Å². The number of rotatable bonds is 5. The lowest BCUT2D eigenvalue weighted by atomic mass is 10.2. The van der Waals surface area contributed by atoms with E-state index in [0.29, 0.717) is 6.54 Å². The molecule has 1 heterocycles. The number of carbonyl (C=O) groups excluding carboxylic acids is 1. The third-order valence-electron chi connectivity index (χ3n) is 2.37. The van der Waals surface area contributed by atoms with Crippen LogP contribution in [0, 0.1) is 6.92 Å². The number of amides is 1. The van der Waals surface area contributed by atoms with Crippen molar-refractivity contribution in [3.05, 3.63) is 17.7 Å². The van der Waals surface area contributed by atoms with Gasteiger partial charge in [0.25, 0.3) is 0 Å². The number of hydrogen-bond acceptors (Lipinski definition) is 3. The first kappa shape index (κ1) is 11.7. The van der Waals surface area contributed by atoms with Crippen LogP contribution in [-0.2, 0) is 17.8 Å². The summed E-state index contributed by atoms with van der Waals surface area (Å²) in [5, 5.41) is 2.89. The van der Waals surface area contributed by atoms with Gasteiger partial charge in [-0.3, -0.25) is 4.79 Å². The number of imidazole rings is 1. The summed E-state index contributed by atoms with van der Waals surface area (Å²) in [7, 11) is 1.73. The van der Waals surface area contributed by atoms with Crippen LogP contribution in [-0.4, -0.2) is 28.5 Å². The second-order valence-electron chi connectivity index (χ2n) is 3.55. The van der Waals surface area contributed by atoms with Crippen LogP contribution in [0.3, 0.4) is 0 Å². The monoisotopic (exact) mass is 210 g/mol. The molecule has 0 spiro atoms. The van der Waals surface area contributed by atoms with E-state index in [1.165, 1.54) is 0 Å². The second kappa shape index (κ2) is 4.93. The number of nitrogens with two attached hydrogens (primary N) is 1. The highest BCUT2D eigenvalue weighted by Gasteiger charge is 2.15. The predicted octanol–water partition coefficient (Wildman–Crippen LogP) is -0.173. The van der Waals surface area contributed by atoms with Crippen LogP contribution in [0.2, 0.25) is 0 Å². The Kier molecular flexibility index (Phi) is 3.85. The zero-order valence-corrected chi connectivity index (χ0v) is 9.45. The lowest BCUT2D eigenvalue weighted by Crippen LogP contribution is -2.42. The van der Waals surface area contributed by atoms with Crippen LogP contribution in [0.25, 0.3) is 0 Å². The molecule has 1 atom stereocenters. The van der Waals surface area contributed by atoms with Crippen molar-refractivity contribution in [2.75, 3.05) is 7.05 Å². The minimum Gasteiger partial charge on any atom is -0.368 e.